The first-order valence-corrected chi connectivity index (χ1v) is 8.32. The Balaban J connectivity index is 1.67. The van der Waals surface area contributed by atoms with Crippen LogP contribution >= 0.6 is 0 Å². The summed E-state index contributed by atoms with van der Waals surface area (Å²) in [5, 5.41) is 13.8. The quantitative estimate of drug-likeness (QED) is 0.803. The van der Waals surface area contributed by atoms with Gasteiger partial charge in [-0.3, -0.25) is 4.90 Å². The SMILES string of the molecule is CC(C)CCNC1CCN([C@@H]2CCCC[C@@H]2O)CC1. The number of likely N-dealkylation sites (tertiary alicyclic amines) is 1. The number of aliphatic hydroxyl groups is 1. The van der Waals surface area contributed by atoms with Crippen molar-refractivity contribution in [3.05, 3.63) is 0 Å². The maximum Gasteiger partial charge on any atom is 0.0695 e. The van der Waals surface area contributed by atoms with Crippen LogP contribution in [0, 0.1) is 5.92 Å². The number of rotatable bonds is 5. The highest BCUT2D eigenvalue weighted by molar-refractivity contribution is 4.87. The van der Waals surface area contributed by atoms with Crippen molar-refractivity contribution in [1.29, 1.82) is 0 Å². The number of nitrogens with one attached hydrogen (secondary N) is 1. The number of aliphatic hydroxyl groups excluding tert-OH is 1. The predicted octanol–water partition coefficient (Wildman–Crippen LogP) is 2.39. The Morgan fingerprint density at radius 3 is 2.42 bits per heavy atom. The van der Waals surface area contributed by atoms with Crippen molar-refractivity contribution in [1.82, 2.24) is 10.2 Å². The fourth-order valence-electron chi connectivity index (χ4n) is 3.53. The minimum absolute atomic E-state index is 0.0702. The molecule has 112 valence electrons. The minimum atomic E-state index is -0.0702. The van der Waals surface area contributed by atoms with Crippen LogP contribution in [0.5, 0.6) is 0 Å². The second-order valence-electron chi connectivity index (χ2n) is 6.87. The van der Waals surface area contributed by atoms with Crippen molar-refractivity contribution < 1.29 is 5.11 Å². The smallest absolute Gasteiger partial charge is 0.0695 e. The van der Waals surface area contributed by atoms with Gasteiger partial charge in [0.05, 0.1) is 6.10 Å². The standard InChI is InChI=1S/C16H32N2O/c1-13(2)7-10-17-14-8-11-18(12-9-14)15-5-3-4-6-16(15)19/h13-17,19H,3-12H2,1-2H3/t15-,16+/m1/s1. The predicted molar refractivity (Wildman–Crippen MR) is 80.3 cm³/mol. The van der Waals surface area contributed by atoms with Crippen LogP contribution in [-0.4, -0.2) is 47.8 Å². The van der Waals surface area contributed by atoms with E-state index in [-0.39, 0.29) is 6.10 Å². The summed E-state index contributed by atoms with van der Waals surface area (Å²) in [5.41, 5.74) is 0. The Bertz CT molecular complexity index is 249. The Labute approximate surface area is 118 Å². The summed E-state index contributed by atoms with van der Waals surface area (Å²) >= 11 is 0. The molecule has 1 aliphatic carbocycles. The van der Waals surface area contributed by atoms with Crippen molar-refractivity contribution in [2.75, 3.05) is 19.6 Å². The summed E-state index contributed by atoms with van der Waals surface area (Å²) < 4.78 is 0. The van der Waals surface area contributed by atoms with Crippen LogP contribution in [0.2, 0.25) is 0 Å². The van der Waals surface area contributed by atoms with Gasteiger partial charge in [-0.1, -0.05) is 26.7 Å². The van der Waals surface area contributed by atoms with E-state index in [0.717, 1.165) is 18.9 Å². The Morgan fingerprint density at radius 2 is 1.79 bits per heavy atom. The molecule has 2 N–H and O–H groups in total. The van der Waals surface area contributed by atoms with E-state index in [1.54, 1.807) is 0 Å². The molecule has 0 unspecified atom stereocenters. The van der Waals surface area contributed by atoms with E-state index in [1.807, 2.05) is 0 Å². The minimum Gasteiger partial charge on any atom is -0.391 e. The molecule has 0 aromatic rings. The van der Waals surface area contributed by atoms with Crippen LogP contribution in [-0.2, 0) is 0 Å². The van der Waals surface area contributed by atoms with Gasteiger partial charge in [0, 0.05) is 25.2 Å². The zero-order valence-electron chi connectivity index (χ0n) is 12.8. The van der Waals surface area contributed by atoms with E-state index in [2.05, 4.69) is 24.1 Å². The highest BCUT2D eigenvalue weighted by Crippen LogP contribution is 2.25. The lowest BCUT2D eigenvalue weighted by molar-refractivity contribution is 0.00720. The molecule has 0 amide bonds. The van der Waals surface area contributed by atoms with Crippen LogP contribution in [0.1, 0.15) is 58.8 Å². The molecule has 1 saturated carbocycles. The largest absolute Gasteiger partial charge is 0.391 e. The summed E-state index contributed by atoms with van der Waals surface area (Å²) in [4.78, 5) is 2.55. The van der Waals surface area contributed by atoms with Gasteiger partial charge in [-0.25, -0.2) is 0 Å². The second-order valence-corrected chi connectivity index (χ2v) is 6.87. The number of nitrogens with zero attached hydrogens (tertiary/aromatic N) is 1. The molecule has 2 atom stereocenters. The van der Waals surface area contributed by atoms with E-state index >= 15 is 0 Å². The van der Waals surface area contributed by atoms with Gasteiger partial charge in [-0.15, -0.1) is 0 Å². The lowest BCUT2D eigenvalue weighted by atomic mass is 9.89. The summed E-state index contributed by atoms with van der Waals surface area (Å²) in [7, 11) is 0. The number of hydrogen-bond acceptors (Lipinski definition) is 3. The van der Waals surface area contributed by atoms with Gasteiger partial charge in [0.15, 0.2) is 0 Å². The van der Waals surface area contributed by atoms with E-state index in [1.165, 1.54) is 51.6 Å². The molecule has 0 spiro atoms. The Kier molecular flexibility index (Phi) is 6.11. The third kappa shape index (κ3) is 4.73. The first kappa shape index (κ1) is 15.3. The molecule has 3 heteroatoms. The average molecular weight is 268 g/mol. The molecule has 3 nitrogen and oxygen atoms in total. The zero-order chi connectivity index (χ0) is 13.7. The van der Waals surface area contributed by atoms with Crippen LogP contribution < -0.4 is 5.32 Å². The average Bonchev–Trinajstić information content (AvgIpc) is 2.40. The third-order valence-corrected chi connectivity index (χ3v) is 4.85. The fraction of sp³-hybridized carbons (Fsp3) is 1.00. The summed E-state index contributed by atoms with van der Waals surface area (Å²) in [6.45, 7) is 8.07. The van der Waals surface area contributed by atoms with Gasteiger partial charge in [-0.2, -0.15) is 0 Å². The fourth-order valence-corrected chi connectivity index (χ4v) is 3.53. The van der Waals surface area contributed by atoms with Crippen molar-refractivity contribution in [3.8, 4) is 0 Å². The van der Waals surface area contributed by atoms with Crippen LogP contribution in [0.4, 0.5) is 0 Å². The first-order valence-electron chi connectivity index (χ1n) is 8.32. The van der Waals surface area contributed by atoms with Crippen molar-refractivity contribution in [2.45, 2.75) is 77.0 Å². The topological polar surface area (TPSA) is 35.5 Å². The molecule has 2 rings (SSSR count). The molecule has 0 bridgehead atoms. The maximum atomic E-state index is 10.1. The number of hydrogen-bond donors (Lipinski definition) is 2. The lowest BCUT2D eigenvalue weighted by Crippen LogP contribution is -2.51. The van der Waals surface area contributed by atoms with E-state index in [4.69, 9.17) is 0 Å². The van der Waals surface area contributed by atoms with E-state index < -0.39 is 0 Å². The molecule has 1 aliphatic heterocycles. The normalized spacial score (nSPS) is 30.9. The van der Waals surface area contributed by atoms with Crippen molar-refractivity contribution >= 4 is 0 Å². The molecular weight excluding hydrogens is 236 g/mol. The lowest BCUT2D eigenvalue weighted by Gasteiger charge is -2.41. The Morgan fingerprint density at radius 1 is 1.11 bits per heavy atom. The van der Waals surface area contributed by atoms with Gasteiger partial charge >= 0.3 is 0 Å². The summed E-state index contributed by atoms with van der Waals surface area (Å²) in [6, 6.07) is 1.15. The second kappa shape index (κ2) is 7.61. The van der Waals surface area contributed by atoms with Crippen LogP contribution in [0.3, 0.4) is 0 Å². The molecule has 2 aliphatic rings. The molecule has 0 aromatic carbocycles. The molecule has 1 saturated heterocycles. The zero-order valence-corrected chi connectivity index (χ0v) is 12.8. The van der Waals surface area contributed by atoms with Crippen molar-refractivity contribution in [3.63, 3.8) is 0 Å². The molecule has 0 aromatic heterocycles. The van der Waals surface area contributed by atoms with Crippen molar-refractivity contribution in [2.24, 2.45) is 5.92 Å². The summed E-state index contributed by atoms with van der Waals surface area (Å²) in [5.74, 6) is 0.796. The Hall–Kier alpha value is -0.120. The molecular formula is C16H32N2O. The van der Waals surface area contributed by atoms with Crippen LogP contribution in [0.25, 0.3) is 0 Å². The highest BCUT2D eigenvalue weighted by atomic mass is 16.3. The van der Waals surface area contributed by atoms with Gasteiger partial charge in [0.1, 0.15) is 0 Å². The monoisotopic (exact) mass is 268 g/mol. The van der Waals surface area contributed by atoms with Gasteiger partial charge in [0.2, 0.25) is 0 Å². The van der Waals surface area contributed by atoms with Crippen LogP contribution in [0.15, 0.2) is 0 Å². The van der Waals surface area contributed by atoms with Gasteiger partial charge in [-0.05, 0) is 44.6 Å². The molecule has 0 radical (unpaired) electrons. The number of piperidine rings is 1. The van der Waals surface area contributed by atoms with E-state index in [0.29, 0.717) is 12.1 Å². The maximum absolute atomic E-state index is 10.1. The third-order valence-electron chi connectivity index (χ3n) is 4.85. The molecule has 2 fully saturated rings. The van der Waals surface area contributed by atoms with Gasteiger partial charge in [0.25, 0.3) is 0 Å². The van der Waals surface area contributed by atoms with Gasteiger partial charge < -0.3 is 10.4 Å². The van der Waals surface area contributed by atoms with E-state index in [9.17, 15) is 5.11 Å². The molecule has 1 heterocycles. The summed E-state index contributed by atoms with van der Waals surface area (Å²) in [6.07, 6.45) is 8.44. The molecule has 19 heavy (non-hydrogen) atoms. The highest BCUT2D eigenvalue weighted by Gasteiger charge is 2.31. The first-order chi connectivity index (χ1) is 9.16.